The molecule has 1 aliphatic rings. The molecule has 0 radical (unpaired) electrons. The molecule has 1 aromatic rings. The minimum Gasteiger partial charge on any atom is -0.388 e. The summed E-state index contributed by atoms with van der Waals surface area (Å²) in [5.74, 6) is 2.55. The van der Waals surface area contributed by atoms with Crippen LogP contribution in [0.5, 0.6) is 0 Å². The first-order valence-electron chi connectivity index (χ1n) is 4.87. The monoisotopic (exact) mass is 181 g/mol. The standard InChI is InChI=1S/C9H15N3O/c1-2-12-8(5-7-3-4-7)10-11-9(12)6-13/h7,13H,2-6H2,1H3. The zero-order chi connectivity index (χ0) is 9.26. The van der Waals surface area contributed by atoms with E-state index in [0.29, 0.717) is 5.82 Å². The van der Waals surface area contributed by atoms with E-state index < -0.39 is 0 Å². The third kappa shape index (κ3) is 1.72. The van der Waals surface area contributed by atoms with Gasteiger partial charge in [0.05, 0.1) is 0 Å². The zero-order valence-corrected chi connectivity index (χ0v) is 7.90. The molecule has 0 aliphatic heterocycles. The van der Waals surface area contributed by atoms with Gasteiger partial charge in [-0.3, -0.25) is 0 Å². The van der Waals surface area contributed by atoms with Crippen LogP contribution in [0.4, 0.5) is 0 Å². The van der Waals surface area contributed by atoms with Gasteiger partial charge in [0.25, 0.3) is 0 Å². The highest BCUT2D eigenvalue weighted by Gasteiger charge is 2.24. The first kappa shape index (κ1) is 8.69. The van der Waals surface area contributed by atoms with Gasteiger partial charge in [-0.05, 0) is 25.7 Å². The summed E-state index contributed by atoms with van der Waals surface area (Å²) in [5.41, 5.74) is 0. The van der Waals surface area contributed by atoms with Crippen molar-refractivity contribution in [1.82, 2.24) is 14.8 Å². The molecule has 0 bridgehead atoms. The van der Waals surface area contributed by atoms with Gasteiger partial charge in [0.2, 0.25) is 0 Å². The Balaban J connectivity index is 2.17. The summed E-state index contributed by atoms with van der Waals surface area (Å²) in [6.07, 6.45) is 3.68. The molecule has 4 nitrogen and oxygen atoms in total. The van der Waals surface area contributed by atoms with E-state index >= 15 is 0 Å². The molecular formula is C9H15N3O. The van der Waals surface area contributed by atoms with E-state index in [4.69, 9.17) is 5.11 Å². The molecule has 4 heteroatoms. The van der Waals surface area contributed by atoms with Crippen molar-refractivity contribution >= 4 is 0 Å². The van der Waals surface area contributed by atoms with Crippen LogP contribution in [0.15, 0.2) is 0 Å². The van der Waals surface area contributed by atoms with Crippen LogP contribution < -0.4 is 0 Å². The van der Waals surface area contributed by atoms with E-state index in [2.05, 4.69) is 17.1 Å². The van der Waals surface area contributed by atoms with Gasteiger partial charge in [0, 0.05) is 13.0 Å². The van der Waals surface area contributed by atoms with E-state index in [9.17, 15) is 0 Å². The Morgan fingerprint density at radius 1 is 1.38 bits per heavy atom. The lowest BCUT2D eigenvalue weighted by atomic mass is 10.3. The van der Waals surface area contributed by atoms with Crippen molar-refractivity contribution in [3.05, 3.63) is 11.6 Å². The lowest BCUT2D eigenvalue weighted by Crippen LogP contribution is -2.06. The molecule has 0 aromatic carbocycles. The molecule has 0 amide bonds. The predicted molar refractivity (Wildman–Crippen MR) is 48.0 cm³/mol. The van der Waals surface area contributed by atoms with Gasteiger partial charge >= 0.3 is 0 Å². The van der Waals surface area contributed by atoms with Gasteiger partial charge in [-0.25, -0.2) is 0 Å². The molecular weight excluding hydrogens is 166 g/mol. The Morgan fingerprint density at radius 2 is 2.08 bits per heavy atom. The van der Waals surface area contributed by atoms with Crippen molar-refractivity contribution in [2.24, 2.45) is 5.92 Å². The number of hydrogen-bond donors (Lipinski definition) is 1. The Labute approximate surface area is 77.6 Å². The maximum absolute atomic E-state index is 8.99. The minimum absolute atomic E-state index is 0.00843. The van der Waals surface area contributed by atoms with Crippen molar-refractivity contribution in [2.75, 3.05) is 0 Å². The number of aliphatic hydroxyl groups is 1. The maximum atomic E-state index is 8.99. The molecule has 1 saturated carbocycles. The van der Waals surface area contributed by atoms with E-state index in [1.54, 1.807) is 0 Å². The SMILES string of the molecule is CCn1c(CO)nnc1CC1CC1. The summed E-state index contributed by atoms with van der Waals surface area (Å²) in [7, 11) is 0. The predicted octanol–water partition coefficient (Wildman–Crippen LogP) is 0.743. The van der Waals surface area contributed by atoms with Crippen molar-refractivity contribution in [3.63, 3.8) is 0 Å². The van der Waals surface area contributed by atoms with Crippen LogP contribution in [0.3, 0.4) is 0 Å². The zero-order valence-electron chi connectivity index (χ0n) is 7.90. The summed E-state index contributed by atoms with van der Waals surface area (Å²) in [6, 6.07) is 0. The highest BCUT2D eigenvalue weighted by Crippen LogP contribution is 2.32. The van der Waals surface area contributed by atoms with Gasteiger partial charge < -0.3 is 9.67 Å². The molecule has 0 spiro atoms. The van der Waals surface area contributed by atoms with E-state index in [1.807, 2.05) is 4.57 Å². The molecule has 1 aliphatic carbocycles. The highest BCUT2D eigenvalue weighted by atomic mass is 16.3. The van der Waals surface area contributed by atoms with E-state index in [-0.39, 0.29) is 6.61 Å². The van der Waals surface area contributed by atoms with Crippen molar-refractivity contribution in [3.8, 4) is 0 Å². The molecule has 0 saturated heterocycles. The van der Waals surface area contributed by atoms with Gasteiger partial charge in [0.15, 0.2) is 5.82 Å². The second kappa shape index (κ2) is 3.46. The lowest BCUT2D eigenvalue weighted by molar-refractivity contribution is 0.264. The molecule has 1 aromatic heterocycles. The fourth-order valence-corrected chi connectivity index (χ4v) is 1.59. The Hall–Kier alpha value is -0.900. The summed E-state index contributed by atoms with van der Waals surface area (Å²) in [6.45, 7) is 2.90. The van der Waals surface area contributed by atoms with Crippen molar-refractivity contribution in [2.45, 2.75) is 39.3 Å². The van der Waals surface area contributed by atoms with Crippen LogP contribution in [0.1, 0.15) is 31.4 Å². The average Bonchev–Trinajstić information content (AvgIpc) is 2.85. The Morgan fingerprint density at radius 3 is 2.62 bits per heavy atom. The second-order valence-electron chi connectivity index (χ2n) is 3.58. The first-order chi connectivity index (χ1) is 6.35. The molecule has 13 heavy (non-hydrogen) atoms. The minimum atomic E-state index is -0.00843. The summed E-state index contributed by atoms with van der Waals surface area (Å²) in [5, 5.41) is 17.0. The van der Waals surface area contributed by atoms with Crippen LogP contribution in [-0.4, -0.2) is 19.9 Å². The molecule has 1 heterocycles. The van der Waals surface area contributed by atoms with Crippen LogP contribution >= 0.6 is 0 Å². The van der Waals surface area contributed by atoms with Crippen molar-refractivity contribution < 1.29 is 5.11 Å². The highest BCUT2D eigenvalue weighted by molar-refractivity contribution is 4.98. The largest absolute Gasteiger partial charge is 0.388 e. The smallest absolute Gasteiger partial charge is 0.158 e. The maximum Gasteiger partial charge on any atom is 0.158 e. The summed E-state index contributed by atoms with van der Waals surface area (Å²) < 4.78 is 2.01. The second-order valence-corrected chi connectivity index (χ2v) is 3.58. The van der Waals surface area contributed by atoms with Crippen molar-refractivity contribution in [1.29, 1.82) is 0 Å². The number of hydrogen-bond acceptors (Lipinski definition) is 3. The van der Waals surface area contributed by atoms with Crippen LogP contribution in [0.25, 0.3) is 0 Å². The molecule has 72 valence electrons. The van der Waals surface area contributed by atoms with Crippen LogP contribution in [0, 0.1) is 5.92 Å². The average molecular weight is 181 g/mol. The van der Waals surface area contributed by atoms with E-state index in [1.165, 1.54) is 12.8 Å². The molecule has 0 atom stereocenters. The Bertz CT molecular complexity index is 291. The number of aliphatic hydroxyl groups excluding tert-OH is 1. The molecule has 1 N–H and O–H groups in total. The third-order valence-corrected chi connectivity index (χ3v) is 2.53. The quantitative estimate of drug-likeness (QED) is 0.745. The number of aromatic nitrogens is 3. The molecule has 0 unspecified atom stereocenters. The third-order valence-electron chi connectivity index (χ3n) is 2.53. The topological polar surface area (TPSA) is 50.9 Å². The number of nitrogens with zero attached hydrogens (tertiary/aromatic N) is 3. The fourth-order valence-electron chi connectivity index (χ4n) is 1.59. The van der Waals surface area contributed by atoms with Gasteiger partial charge in [0.1, 0.15) is 12.4 Å². The van der Waals surface area contributed by atoms with Gasteiger partial charge in [-0.1, -0.05) is 0 Å². The summed E-state index contributed by atoms with van der Waals surface area (Å²) >= 11 is 0. The lowest BCUT2D eigenvalue weighted by Gasteiger charge is -2.04. The molecule has 1 fully saturated rings. The number of rotatable bonds is 4. The van der Waals surface area contributed by atoms with Crippen LogP contribution in [0.2, 0.25) is 0 Å². The van der Waals surface area contributed by atoms with Crippen LogP contribution in [-0.2, 0) is 19.6 Å². The summed E-state index contributed by atoms with van der Waals surface area (Å²) in [4.78, 5) is 0. The first-order valence-corrected chi connectivity index (χ1v) is 4.87. The van der Waals surface area contributed by atoms with E-state index in [0.717, 1.165) is 24.7 Å². The fraction of sp³-hybridized carbons (Fsp3) is 0.778. The molecule has 2 rings (SSSR count). The Kier molecular flexibility index (Phi) is 2.31. The van der Waals surface area contributed by atoms with Gasteiger partial charge in [-0.2, -0.15) is 0 Å². The van der Waals surface area contributed by atoms with Gasteiger partial charge in [-0.15, -0.1) is 10.2 Å². The normalized spacial score (nSPS) is 16.5.